The summed E-state index contributed by atoms with van der Waals surface area (Å²) in [6.07, 6.45) is 5.50. The largest absolute Gasteiger partial charge is 0.496 e. The standard InChI is InChI=1S/C14H20O2S/c1-16-12-8-5-6-10-14(12)17-13-9-4-2-3-7-11(13)15/h5-6,8,10-11,13,15H,2-4,7,9H2,1H3. The fraction of sp³-hybridized carbons (Fsp3) is 0.571. The summed E-state index contributed by atoms with van der Waals surface area (Å²) < 4.78 is 5.35. The highest BCUT2D eigenvalue weighted by Gasteiger charge is 2.23. The molecule has 0 heterocycles. The monoisotopic (exact) mass is 252 g/mol. The first kappa shape index (κ1) is 12.8. The Labute approximate surface area is 107 Å². The third kappa shape index (κ3) is 3.39. The summed E-state index contributed by atoms with van der Waals surface area (Å²) in [6, 6.07) is 8.05. The Morgan fingerprint density at radius 3 is 2.76 bits per heavy atom. The van der Waals surface area contributed by atoms with Crippen LogP contribution in [0.25, 0.3) is 0 Å². The van der Waals surface area contributed by atoms with Crippen molar-refractivity contribution in [2.45, 2.75) is 48.4 Å². The van der Waals surface area contributed by atoms with Gasteiger partial charge in [0, 0.05) is 10.1 Å². The van der Waals surface area contributed by atoms with Crippen LogP contribution in [0.3, 0.4) is 0 Å². The molecule has 1 N–H and O–H groups in total. The fourth-order valence-corrected chi connectivity index (χ4v) is 3.60. The number of thioether (sulfide) groups is 1. The van der Waals surface area contributed by atoms with Gasteiger partial charge in [-0.25, -0.2) is 0 Å². The van der Waals surface area contributed by atoms with Crippen LogP contribution in [0.5, 0.6) is 5.75 Å². The van der Waals surface area contributed by atoms with Gasteiger partial charge in [-0.3, -0.25) is 0 Å². The van der Waals surface area contributed by atoms with Gasteiger partial charge < -0.3 is 9.84 Å². The summed E-state index contributed by atoms with van der Waals surface area (Å²) in [4.78, 5) is 1.14. The number of aliphatic hydroxyl groups is 1. The Kier molecular flexibility index (Phi) is 4.75. The molecular formula is C14H20O2S. The zero-order valence-electron chi connectivity index (χ0n) is 10.3. The van der Waals surface area contributed by atoms with E-state index in [1.165, 1.54) is 12.8 Å². The van der Waals surface area contributed by atoms with Gasteiger partial charge in [-0.1, -0.05) is 31.4 Å². The van der Waals surface area contributed by atoms with Crippen molar-refractivity contribution < 1.29 is 9.84 Å². The number of benzene rings is 1. The van der Waals surface area contributed by atoms with Crippen molar-refractivity contribution in [3.8, 4) is 5.75 Å². The summed E-state index contributed by atoms with van der Waals surface area (Å²) >= 11 is 1.76. The Morgan fingerprint density at radius 2 is 1.94 bits per heavy atom. The van der Waals surface area contributed by atoms with Crippen LogP contribution in [0.1, 0.15) is 32.1 Å². The number of rotatable bonds is 3. The summed E-state index contributed by atoms with van der Waals surface area (Å²) in [7, 11) is 1.70. The first-order chi connectivity index (χ1) is 8.31. The fourth-order valence-electron chi connectivity index (χ4n) is 2.27. The molecule has 0 aliphatic heterocycles. The van der Waals surface area contributed by atoms with Crippen molar-refractivity contribution in [2.75, 3.05) is 7.11 Å². The van der Waals surface area contributed by atoms with Crippen LogP contribution in [0.4, 0.5) is 0 Å². The van der Waals surface area contributed by atoms with Gasteiger partial charge in [0.05, 0.1) is 13.2 Å². The predicted octanol–water partition coefficient (Wildman–Crippen LogP) is 3.48. The number of aliphatic hydroxyl groups excluding tert-OH is 1. The smallest absolute Gasteiger partial charge is 0.132 e. The number of ether oxygens (including phenoxy) is 1. The van der Waals surface area contributed by atoms with Crippen LogP contribution >= 0.6 is 11.8 Å². The number of hydrogen-bond donors (Lipinski definition) is 1. The van der Waals surface area contributed by atoms with Crippen molar-refractivity contribution in [1.82, 2.24) is 0 Å². The van der Waals surface area contributed by atoms with E-state index in [9.17, 15) is 5.11 Å². The van der Waals surface area contributed by atoms with Crippen LogP contribution in [-0.2, 0) is 0 Å². The van der Waals surface area contributed by atoms with Crippen LogP contribution in [-0.4, -0.2) is 23.6 Å². The average Bonchev–Trinajstić information content (AvgIpc) is 2.56. The Bertz CT molecular complexity index is 354. The lowest BCUT2D eigenvalue weighted by molar-refractivity contribution is 0.163. The highest BCUT2D eigenvalue weighted by Crippen LogP contribution is 2.37. The number of para-hydroxylation sites is 1. The van der Waals surface area contributed by atoms with Crippen molar-refractivity contribution in [3.05, 3.63) is 24.3 Å². The van der Waals surface area contributed by atoms with Crippen LogP contribution in [0.2, 0.25) is 0 Å². The molecule has 0 bridgehead atoms. The maximum Gasteiger partial charge on any atom is 0.132 e. The number of methoxy groups -OCH3 is 1. The SMILES string of the molecule is COc1ccccc1SC1CCCCCC1O. The molecule has 1 saturated carbocycles. The zero-order chi connectivity index (χ0) is 12.1. The van der Waals surface area contributed by atoms with Gasteiger partial charge in [0.15, 0.2) is 0 Å². The Hall–Kier alpha value is -0.670. The normalized spacial score (nSPS) is 25.3. The highest BCUT2D eigenvalue weighted by molar-refractivity contribution is 8.00. The molecule has 0 aromatic heterocycles. The molecule has 94 valence electrons. The van der Waals surface area contributed by atoms with Gasteiger partial charge in [-0.05, 0) is 25.0 Å². The van der Waals surface area contributed by atoms with Gasteiger partial charge in [0.2, 0.25) is 0 Å². The predicted molar refractivity (Wildman–Crippen MR) is 71.7 cm³/mol. The second kappa shape index (κ2) is 6.31. The third-order valence-corrected chi connectivity index (χ3v) is 4.71. The van der Waals surface area contributed by atoms with Gasteiger partial charge >= 0.3 is 0 Å². The van der Waals surface area contributed by atoms with E-state index in [1.807, 2.05) is 18.2 Å². The molecule has 2 nitrogen and oxygen atoms in total. The minimum absolute atomic E-state index is 0.174. The van der Waals surface area contributed by atoms with Crippen molar-refractivity contribution in [2.24, 2.45) is 0 Å². The minimum Gasteiger partial charge on any atom is -0.496 e. The zero-order valence-corrected chi connectivity index (χ0v) is 11.1. The third-order valence-electron chi connectivity index (χ3n) is 3.27. The molecule has 0 spiro atoms. The second-order valence-corrected chi connectivity index (χ2v) is 5.79. The second-order valence-electron chi connectivity index (χ2n) is 4.51. The topological polar surface area (TPSA) is 29.5 Å². The van der Waals surface area contributed by atoms with Gasteiger partial charge in [0.25, 0.3) is 0 Å². The molecule has 2 atom stereocenters. The number of hydrogen-bond acceptors (Lipinski definition) is 3. The summed E-state index contributed by atoms with van der Waals surface area (Å²) in [6.45, 7) is 0. The van der Waals surface area contributed by atoms with E-state index in [4.69, 9.17) is 4.74 Å². The lowest BCUT2D eigenvalue weighted by atomic mass is 10.1. The molecule has 0 saturated heterocycles. The maximum atomic E-state index is 10.1. The maximum absolute atomic E-state index is 10.1. The molecular weight excluding hydrogens is 232 g/mol. The molecule has 0 amide bonds. The van der Waals surface area contributed by atoms with E-state index in [-0.39, 0.29) is 6.10 Å². The van der Waals surface area contributed by atoms with E-state index < -0.39 is 0 Å². The van der Waals surface area contributed by atoms with Crippen LogP contribution in [0.15, 0.2) is 29.2 Å². The van der Waals surface area contributed by atoms with Gasteiger partial charge in [-0.2, -0.15) is 0 Å². The van der Waals surface area contributed by atoms with E-state index in [0.717, 1.165) is 29.9 Å². The first-order valence-electron chi connectivity index (χ1n) is 6.29. The molecule has 2 unspecified atom stereocenters. The summed E-state index contributed by atoms with van der Waals surface area (Å²) in [5.74, 6) is 0.911. The van der Waals surface area contributed by atoms with Crippen LogP contribution in [0, 0.1) is 0 Å². The van der Waals surface area contributed by atoms with E-state index in [2.05, 4.69) is 6.07 Å². The lowest BCUT2D eigenvalue weighted by Crippen LogP contribution is -2.21. The van der Waals surface area contributed by atoms with Gasteiger partial charge in [-0.15, -0.1) is 11.8 Å². The molecule has 1 aliphatic carbocycles. The summed E-state index contributed by atoms with van der Waals surface area (Å²) in [5.41, 5.74) is 0. The van der Waals surface area contributed by atoms with Gasteiger partial charge in [0.1, 0.15) is 5.75 Å². The van der Waals surface area contributed by atoms with E-state index >= 15 is 0 Å². The quantitative estimate of drug-likeness (QED) is 0.835. The highest BCUT2D eigenvalue weighted by atomic mass is 32.2. The molecule has 3 heteroatoms. The van der Waals surface area contributed by atoms with E-state index in [0.29, 0.717) is 5.25 Å². The molecule has 1 aromatic carbocycles. The average molecular weight is 252 g/mol. The van der Waals surface area contributed by atoms with Crippen LogP contribution < -0.4 is 4.74 Å². The Balaban J connectivity index is 2.07. The molecule has 0 radical (unpaired) electrons. The minimum atomic E-state index is -0.174. The Morgan fingerprint density at radius 1 is 1.18 bits per heavy atom. The van der Waals surface area contributed by atoms with Crippen molar-refractivity contribution >= 4 is 11.8 Å². The molecule has 1 fully saturated rings. The molecule has 17 heavy (non-hydrogen) atoms. The van der Waals surface area contributed by atoms with Crippen molar-refractivity contribution in [1.29, 1.82) is 0 Å². The molecule has 2 rings (SSSR count). The van der Waals surface area contributed by atoms with Crippen molar-refractivity contribution in [3.63, 3.8) is 0 Å². The van der Waals surface area contributed by atoms with E-state index in [1.54, 1.807) is 18.9 Å². The molecule has 1 aliphatic rings. The lowest BCUT2D eigenvalue weighted by Gasteiger charge is -2.20. The first-order valence-corrected chi connectivity index (χ1v) is 7.17. The molecule has 1 aromatic rings. The summed E-state index contributed by atoms with van der Waals surface area (Å²) in [5, 5.41) is 10.4.